The van der Waals surface area contributed by atoms with Gasteiger partial charge in [0, 0.05) is 16.6 Å². The van der Waals surface area contributed by atoms with Crippen molar-refractivity contribution in [3.8, 4) is 11.6 Å². The van der Waals surface area contributed by atoms with Crippen LogP contribution in [0.3, 0.4) is 0 Å². The average Bonchev–Trinajstić information content (AvgIpc) is 2.29. The third-order valence-corrected chi connectivity index (χ3v) is 3.34. The van der Waals surface area contributed by atoms with Gasteiger partial charge in [0.1, 0.15) is 11.6 Å². The van der Waals surface area contributed by atoms with E-state index in [2.05, 4.69) is 26.1 Å². The maximum absolute atomic E-state index is 6.00. The first kappa shape index (κ1) is 12.4. The van der Waals surface area contributed by atoms with Crippen LogP contribution >= 0.6 is 39.1 Å². The first-order valence-corrected chi connectivity index (χ1v) is 6.03. The minimum absolute atomic E-state index is 0.291. The summed E-state index contributed by atoms with van der Waals surface area (Å²) in [6.45, 7) is 0. The van der Waals surface area contributed by atoms with Crippen molar-refractivity contribution in [1.82, 2.24) is 10.2 Å². The minimum atomic E-state index is 0.291. The van der Waals surface area contributed by atoms with Crippen LogP contribution in [0.25, 0.3) is 0 Å². The minimum Gasteiger partial charge on any atom is -0.436 e. The molecule has 0 aliphatic carbocycles. The SMILES string of the molecule is Nc1ccc(Oc2cc(Cl)c(Br)cc2Cl)nn1. The average molecular weight is 335 g/mol. The number of halogens is 3. The van der Waals surface area contributed by atoms with Crippen LogP contribution in [0.1, 0.15) is 0 Å². The highest BCUT2D eigenvalue weighted by Gasteiger charge is 2.08. The van der Waals surface area contributed by atoms with Crippen LogP contribution in [0.4, 0.5) is 5.82 Å². The highest BCUT2D eigenvalue weighted by Crippen LogP contribution is 2.35. The second-order valence-corrected chi connectivity index (χ2v) is 4.76. The van der Waals surface area contributed by atoms with Gasteiger partial charge in [-0.1, -0.05) is 23.2 Å². The number of aromatic nitrogens is 2. The van der Waals surface area contributed by atoms with Gasteiger partial charge in [-0.15, -0.1) is 10.2 Å². The van der Waals surface area contributed by atoms with Gasteiger partial charge < -0.3 is 10.5 Å². The Hall–Kier alpha value is -1.04. The van der Waals surface area contributed by atoms with Crippen LogP contribution in [-0.4, -0.2) is 10.2 Å². The molecule has 2 rings (SSSR count). The van der Waals surface area contributed by atoms with Crippen molar-refractivity contribution in [2.75, 3.05) is 5.73 Å². The third-order valence-electron chi connectivity index (χ3n) is 1.85. The van der Waals surface area contributed by atoms with Gasteiger partial charge in [0.2, 0.25) is 5.88 Å². The summed E-state index contributed by atoms with van der Waals surface area (Å²) < 4.78 is 6.13. The highest BCUT2D eigenvalue weighted by atomic mass is 79.9. The number of nitrogens with zero attached hydrogens (tertiary/aromatic N) is 2. The van der Waals surface area contributed by atoms with E-state index in [0.29, 0.717) is 32.0 Å². The molecule has 1 heterocycles. The van der Waals surface area contributed by atoms with E-state index in [0.717, 1.165) is 0 Å². The number of hydrogen-bond donors (Lipinski definition) is 1. The fourth-order valence-electron chi connectivity index (χ4n) is 1.08. The van der Waals surface area contributed by atoms with E-state index < -0.39 is 0 Å². The van der Waals surface area contributed by atoms with Crippen molar-refractivity contribution in [1.29, 1.82) is 0 Å². The molecule has 0 aliphatic rings. The Bertz CT molecular complexity index is 548. The van der Waals surface area contributed by atoms with Crippen LogP contribution in [0.2, 0.25) is 10.0 Å². The first-order chi connectivity index (χ1) is 8.06. The molecule has 0 aliphatic heterocycles. The van der Waals surface area contributed by atoms with Gasteiger partial charge in [0.05, 0.1) is 10.0 Å². The lowest BCUT2D eigenvalue weighted by molar-refractivity contribution is 0.456. The van der Waals surface area contributed by atoms with Crippen LogP contribution < -0.4 is 10.5 Å². The summed E-state index contributed by atoms with van der Waals surface area (Å²) in [6.07, 6.45) is 0. The quantitative estimate of drug-likeness (QED) is 0.845. The van der Waals surface area contributed by atoms with E-state index in [-0.39, 0.29) is 0 Å². The van der Waals surface area contributed by atoms with Gasteiger partial charge in [-0.25, -0.2) is 0 Å². The van der Waals surface area contributed by atoms with Gasteiger partial charge in [-0.2, -0.15) is 0 Å². The van der Waals surface area contributed by atoms with E-state index in [9.17, 15) is 0 Å². The fourth-order valence-corrected chi connectivity index (χ4v) is 1.91. The lowest BCUT2D eigenvalue weighted by Gasteiger charge is -2.07. The fraction of sp³-hybridized carbons (Fsp3) is 0. The van der Waals surface area contributed by atoms with Gasteiger partial charge >= 0.3 is 0 Å². The van der Waals surface area contributed by atoms with Gasteiger partial charge in [-0.05, 0) is 28.1 Å². The summed E-state index contributed by atoms with van der Waals surface area (Å²) in [5, 5.41) is 8.33. The first-order valence-electron chi connectivity index (χ1n) is 4.48. The molecule has 1 aromatic carbocycles. The largest absolute Gasteiger partial charge is 0.436 e. The Labute approximate surface area is 116 Å². The molecule has 0 saturated heterocycles. The van der Waals surface area contributed by atoms with Crippen molar-refractivity contribution < 1.29 is 4.74 Å². The topological polar surface area (TPSA) is 61.0 Å². The third kappa shape index (κ3) is 3.00. The molecule has 0 fully saturated rings. The van der Waals surface area contributed by atoms with Crippen LogP contribution in [0, 0.1) is 0 Å². The van der Waals surface area contributed by atoms with Gasteiger partial charge in [0.25, 0.3) is 0 Å². The number of ether oxygens (including phenoxy) is 1. The second-order valence-electron chi connectivity index (χ2n) is 3.10. The predicted octanol–water partition coefficient (Wildman–Crippen LogP) is 3.92. The Balaban J connectivity index is 2.30. The molecule has 0 atom stereocenters. The van der Waals surface area contributed by atoms with E-state index in [4.69, 9.17) is 33.7 Å². The normalized spacial score (nSPS) is 10.3. The number of rotatable bonds is 2. The Morgan fingerprint density at radius 2 is 1.88 bits per heavy atom. The molecular weight excluding hydrogens is 329 g/mol. The Morgan fingerprint density at radius 3 is 2.53 bits per heavy atom. The maximum Gasteiger partial charge on any atom is 0.239 e. The summed E-state index contributed by atoms with van der Waals surface area (Å²) in [6, 6.07) is 6.40. The molecule has 7 heteroatoms. The molecule has 0 spiro atoms. The number of hydrogen-bond acceptors (Lipinski definition) is 4. The van der Waals surface area contributed by atoms with Crippen molar-refractivity contribution in [3.63, 3.8) is 0 Å². The van der Waals surface area contributed by atoms with Crippen LogP contribution in [0.15, 0.2) is 28.7 Å². The molecule has 0 amide bonds. The van der Waals surface area contributed by atoms with Crippen molar-refractivity contribution in [3.05, 3.63) is 38.8 Å². The molecule has 0 unspecified atom stereocenters. The molecule has 0 radical (unpaired) electrons. The zero-order valence-electron chi connectivity index (χ0n) is 8.32. The zero-order chi connectivity index (χ0) is 12.4. The predicted molar refractivity (Wildman–Crippen MR) is 70.7 cm³/mol. The smallest absolute Gasteiger partial charge is 0.239 e. The molecule has 0 bridgehead atoms. The highest BCUT2D eigenvalue weighted by molar-refractivity contribution is 9.10. The Kier molecular flexibility index (Phi) is 3.71. The van der Waals surface area contributed by atoms with E-state index in [1.54, 1.807) is 24.3 Å². The molecule has 4 nitrogen and oxygen atoms in total. The molecule has 2 aromatic rings. The molecular formula is C10H6BrCl2N3O. The Morgan fingerprint density at radius 1 is 1.12 bits per heavy atom. The summed E-state index contributed by atoms with van der Waals surface area (Å²) >= 11 is 15.2. The van der Waals surface area contributed by atoms with Crippen molar-refractivity contribution in [2.24, 2.45) is 0 Å². The standard InChI is InChI=1S/C10H6BrCl2N3O/c11-5-3-7(13)8(4-6(5)12)17-10-2-1-9(14)15-16-10/h1-4H,(H2,14,15). The van der Waals surface area contributed by atoms with E-state index in [1.807, 2.05) is 0 Å². The van der Waals surface area contributed by atoms with Gasteiger partial charge in [-0.3, -0.25) is 0 Å². The monoisotopic (exact) mass is 333 g/mol. The van der Waals surface area contributed by atoms with E-state index >= 15 is 0 Å². The van der Waals surface area contributed by atoms with E-state index in [1.165, 1.54) is 0 Å². The lowest BCUT2D eigenvalue weighted by Crippen LogP contribution is -1.95. The van der Waals surface area contributed by atoms with Crippen molar-refractivity contribution >= 4 is 44.9 Å². The zero-order valence-corrected chi connectivity index (χ0v) is 11.4. The van der Waals surface area contributed by atoms with Crippen LogP contribution in [-0.2, 0) is 0 Å². The maximum atomic E-state index is 6.00. The summed E-state index contributed by atoms with van der Waals surface area (Å²) in [5.74, 6) is 1.01. The summed E-state index contributed by atoms with van der Waals surface area (Å²) in [7, 11) is 0. The number of nitrogens with two attached hydrogens (primary N) is 1. The molecule has 2 N–H and O–H groups in total. The van der Waals surface area contributed by atoms with Crippen molar-refractivity contribution in [2.45, 2.75) is 0 Å². The van der Waals surface area contributed by atoms with Crippen LogP contribution in [0.5, 0.6) is 11.6 Å². The number of anilines is 1. The summed E-state index contributed by atoms with van der Waals surface area (Å²) in [5.41, 5.74) is 5.41. The number of benzene rings is 1. The lowest BCUT2D eigenvalue weighted by atomic mass is 10.3. The number of nitrogen functional groups attached to an aromatic ring is 1. The molecule has 88 valence electrons. The molecule has 0 saturated carbocycles. The van der Waals surface area contributed by atoms with Gasteiger partial charge in [0.15, 0.2) is 0 Å². The summed E-state index contributed by atoms with van der Waals surface area (Å²) in [4.78, 5) is 0. The second kappa shape index (κ2) is 5.08. The molecule has 17 heavy (non-hydrogen) atoms. The molecule has 1 aromatic heterocycles.